The highest BCUT2D eigenvalue weighted by molar-refractivity contribution is 5.82. The van der Waals surface area contributed by atoms with Crippen LogP contribution in [0.25, 0.3) is 0 Å². The Morgan fingerprint density at radius 3 is 1.38 bits per heavy atom. The minimum atomic E-state index is -0.218. The van der Waals surface area contributed by atoms with Crippen molar-refractivity contribution < 1.29 is 19.1 Å². The van der Waals surface area contributed by atoms with E-state index in [1.165, 1.54) is 0 Å². The number of rotatable bonds is 0. The van der Waals surface area contributed by atoms with E-state index in [2.05, 4.69) is 0 Å². The van der Waals surface area contributed by atoms with Gasteiger partial charge in [0, 0.05) is 12.2 Å². The zero-order valence-electron chi connectivity index (χ0n) is 14.8. The summed E-state index contributed by atoms with van der Waals surface area (Å²) in [7, 11) is 0. The topological polar surface area (TPSA) is 52.6 Å². The largest absolute Gasteiger partial charge is 0.463 e. The van der Waals surface area contributed by atoms with Gasteiger partial charge in [-0.3, -0.25) is 0 Å². The predicted molar refractivity (Wildman–Crippen MR) is 95.6 cm³/mol. The fraction of sp³-hybridized carbons (Fsp3) is 0.700. The van der Waals surface area contributed by atoms with Gasteiger partial charge in [0.1, 0.15) is 0 Å². The van der Waals surface area contributed by atoms with E-state index < -0.39 is 0 Å². The van der Waals surface area contributed by atoms with Gasteiger partial charge >= 0.3 is 11.9 Å². The lowest BCUT2D eigenvalue weighted by Crippen LogP contribution is -2.03. The molecule has 1 aliphatic rings. The molecule has 1 rings (SSSR count). The standard InChI is InChI=1S/C20H32O4/c21-19-15-11-7-3-1-2-4-8-12-16-20(22)24-18-14-10-6-5-9-13-17-23-19/h11-12,15-16H,1-10,13-14,17-18H2/b15-11+,16-12+. The SMILES string of the molecule is O=C1/C=C/CCCCCC/C=C/C(=O)OCCCCCCCCO1. The van der Waals surface area contributed by atoms with Gasteiger partial charge in [-0.1, -0.05) is 50.7 Å². The maximum absolute atomic E-state index is 11.5. The van der Waals surface area contributed by atoms with Crippen LogP contribution in [0.5, 0.6) is 0 Å². The summed E-state index contributed by atoms with van der Waals surface area (Å²) in [6, 6.07) is 0. The fourth-order valence-electron chi connectivity index (χ4n) is 2.59. The molecule has 24 heavy (non-hydrogen) atoms. The molecule has 0 aromatic carbocycles. The van der Waals surface area contributed by atoms with E-state index in [0.29, 0.717) is 13.2 Å². The van der Waals surface area contributed by atoms with Crippen molar-refractivity contribution in [1.29, 1.82) is 0 Å². The van der Waals surface area contributed by atoms with Crippen molar-refractivity contribution in [3.05, 3.63) is 24.3 Å². The molecule has 4 nitrogen and oxygen atoms in total. The Hall–Kier alpha value is -1.58. The third-order valence-corrected chi connectivity index (χ3v) is 4.03. The van der Waals surface area contributed by atoms with Crippen LogP contribution in [-0.4, -0.2) is 25.2 Å². The lowest BCUT2D eigenvalue weighted by atomic mass is 10.1. The van der Waals surface area contributed by atoms with Crippen molar-refractivity contribution in [3.8, 4) is 0 Å². The third kappa shape index (κ3) is 12.9. The monoisotopic (exact) mass is 336 g/mol. The first-order valence-electron chi connectivity index (χ1n) is 9.45. The summed E-state index contributed by atoms with van der Waals surface area (Å²) in [5.74, 6) is -0.437. The summed E-state index contributed by atoms with van der Waals surface area (Å²) in [5.41, 5.74) is 0. The zero-order chi connectivity index (χ0) is 17.3. The van der Waals surface area contributed by atoms with Crippen molar-refractivity contribution in [1.82, 2.24) is 0 Å². The van der Waals surface area contributed by atoms with Crippen LogP contribution in [0.3, 0.4) is 0 Å². The summed E-state index contributed by atoms with van der Waals surface area (Å²) in [6.07, 6.45) is 19.4. The highest BCUT2D eigenvalue weighted by atomic mass is 16.5. The molecule has 0 amide bonds. The maximum Gasteiger partial charge on any atom is 0.330 e. The summed E-state index contributed by atoms with van der Waals surface area (Å²) >= 11 is 0. The molecule has 0 aromatic heterocycles. The molecule has 0 atom stereocenters. The smallest absolute Gasteiger partial charge is 0.330 e. The summed E-state index contributed by atoms with van der Waals surface area (Å²) in [5, 5.41) is 0. The number of carbonyl (C=O) groups is 2. The molecule has 0 saturated carbocycles. The van der Waals surface area contributed by atoms with Crippen molar-refractivity contribution in [3.63, 3.8) is 0 Å². The number of cyclic esters (lactones) is 2. The summed E-state index contributed by atoms with van der Waals surface area (Å²) < 4.78 is 10.4. The van der Waals surface area contributed by atoms with Crippen molar-refractivity contribution in [2.75, 3.05) is 13.2 Å². The van der Waals surface area contributed by atoms with Crippen LogP contribution >= 0.6 is 0 Å². The minimum absolute atomic E-state index is 0.218. The van der Waals surface area contributed by atoms with E-state index in [0.717, 1.165) is 77.0 Å². The number of hydrogen-bond acceptors (Lipinski definition) is 4. The van der Waals surface area contributed by atoms with Gasteiger partial charge in [0.15, 0.2) is 0 Å². The van der Waals surface area contributed by atoms with Crippen molar-refractivity contribution in [2.24, 2.45) is 0 Å². The highest BCUT2D eigenvalue weighted by Crippen LogP contribution is 2.08. The Balaban J connectivity index is 2.26. The molecule has 0 bridgehead atoms. The quantitative estimate of drug-likeness (QED) is 0.592. The van der Waals surface area contributed by atoms with Gasteiger partial charge in [-0.15, -0.1) is 0 Å². The van der Waals surface area contributed by atoms with Gasteiger partial charge < -0.3 is 9.47 Å². The molecule has 0 N–H and O–H groups in total. The van der Waals surface area contributed by atoms with Crippen molar-refractivity contribution in [2.45, 2.75) is 77.0 Å². The lowest BCUT2D eigenvalue weighted by Gasteiger charge is -2.04. The number of allylic oxidation sites excluding steroid dienone is 2. The van der Waals surface area contributed by atoms with Gasteiger partial charge in [0.05, 0.1) is 13.2 Å². The number of ether oxygens (including phenoxy) is 2. The molecule has 0 aromatic rings. The van der Waals surface area contributed by atoms with Crippen molar-refractivity contribution >= 4 is 11.9 Å². The van der Waals surface area contributed by atoms with Crippen LogP contribution in [0.15, 0.2) is 24.3 Å². The molecule has 1 heterocycles. The number of esters is 2. The normalized spacial score (nSPS) is 23.8. The Morgan fingerprint density at radius 2 is 0.917 bits per heavy atom. The van der Waals surface area contributed by atoms with E-state index >= 15 is 0 Å². The molecular weight excluding hydrogens is 304 g/mol. The molecule has 0 aliphatic carbocycles. The number of hydrogen-bond donors (Lipinski definition) is 0. The first kappa shape index (κ1) is 20.5. The van der Waals surface area contributed by atoms with Crippen LogP contribution < -0.4 is 0 Å². The average Bonchev–Trinajstić information content (AvgIpc) is 2.57. The van der Waals surface area contributed by atoms with Crippen LogP contribution in [0.1, 0.15) is 77.0 Å². The molecular formula is C20H32O4. The van der Waals surface area contributed by atoms with E-state index in [4.69, 9.17) is 9.47 Å². The lowest BCUT2D eigenvalue weighted by molar-refractivity contribution is -0.138. The maximum atomic E-state index is 11.5. The van der Waals surface area contributed by atoms with Gasteiger partial charge in [-0.05, 0) is 38.5 Å². The van der Waals surface area contributed by atoms with Crippen LogP contribution in [-0.2, 0) is 19.1 Å². The summed E-state index contributed by atoms with van der Waals surface area (Å²) in [6.45, 7) is 1.01. The second-order valence-corrected chi connectivity index (χ2v) is 6.25. The molecule has 0 fully saturated rings. The van der Waals surface area contributed by atoms with E-state index in [1.54, 1.807) is 12.2 Å². The highest BCUT2D eigenvalue weighted by Gasteiger charge is 1.99. The second kappa shape index (κ2) is 15.0. The van der Waals surface area contributed by atoms with Crippen LogP contribution in [0.4, 0.5) is 0 Å². The molecule has 136 valence electrons. The third-order valence-electron chi connectivity index (χ3n) is 4.03. The van der Waals surface area contributed by atoms with E-state index in [1.807, 2.05) is 12.2 Å². The van der Waals surface area contributed by atoms with Gasteiger partial charge in [0.2, 0.25) is 0 Å². The molecule has 4 heteroatoms. The fourth-order valence-corrected chi connectivity index (χ4v) is 2.59. The van der Waals surface area contributed by atoms with E-state index in [-0.39, 0.29) is 11.9 Å². The zero-order valence-corrected chi connectivity index (χ0v) is 14.8. The van der Waals surface area contributed by atoms with Gasteiger partial charge in [-0.2, -0.15) is 0 Å². The number of carbonyl (C=O) groups excluding carboxylic acids is 2. The molecule has 0 unspecified atom stereocenters. The Morgan fingerprint density at radius 1 is 0.542 bits per heavy atom. The molecule has 1 aliphatic heterocycles. The Kier molecular flexibility index (Phi) is 12.8. The van der Waals surface area contributed by atoms with Gasteiger partial charge in [-0.25, -0.2) is 9.59 Å². The first-order chi connectivity index (χ1) is 11.8. The van der Waals surface area contributed by atoms with Crippen LogP contribution in [0.2, 0.25) is 0 Å². The molecule has 0 spiro atoms. The summed E-state index contributed by atoms with van der Waals surface area (Å²) in [4.78, 5) is 23.0. The molecule has 0 saturated heterocycles. The minimum Gasteiger partial charge on any atom is -0.463 e. The molecule has 0 radical (unpaired) electrons. The Bertz CT molecular complexity index is 360. The van der Waals surface area contributed by atoms with E-state index in [9.17, 15) is 9.59 Å². The van der Waals surface area contributed by atoms with Crippen LogP contribution in [0, 0.1) is 0 Å². The average molecular weight is 336 g/mol. The first-order valence-corrected chi connectivity index (χ1v) is 9.45. The van der Waals surface area contributed by atoms with Gasteiger partial charge in [0.25, 0.3) is 0 Å². The Labute approximate surface area is 146 Å². The second-order valence-electron chi connectivity index (χ2n) is 6.25. The predicted octanol–water partition coefficient (Wildman–Crippen LogP) is 4.88.